The Morgan fingerprint density at radius 3 is 2.86 bits per heavy atom. The minimum absolute atomic E-state index is 0.197. The molecule has 0 aliphatic carbocycles. The fourth-order valence-electron chi connectivity index (χ4n) is 2.01. The molecule has 3 rings (SSSR count). The molecule has 0 saturated carbocycles. The van der Waals surface area contributed by atoms with Gasteiger partial charge in [-0.05, 0) is 5.56 Å². The molecule has 0 spiro atoms. The molecule has 0 fully saturated rings. The van der Waals surface area contributed by atoms with E-state index >= 15 is 0 Å². The van der Waals surface area contributed by atoms with E-state index in [4.69, 9.17) is 4.74 Å². The van der Waals surface area contributed by atoms with Crippen molar-refractivity contribution in [3.05, 3.63) is 59.4 Å². The van der Waals surface area contributed by atoms with Crippen LogP contribution in [0.3, 0.4) is 0 Å². The molecule has 0 amide bonds. The number of aryl methyl sites for hydroxylation is 1. The zero-order valence-electron chi connectivity index (χ0n) is 12.1. The number of carbonyl (C=O) groups is 1. The molecule has 0 saturated heterocycles. The number of nitrogens with zero attached hydrogens (tertiary/aromatic N) is 3. The van der Waals surface area contributed by atoms with Gasteiger partial charge in [-0.2, -0.15) is 5.10 Å². The molecule has 0 aliphatic rings. The van der Waals surface area contributed by atoms with E-state index in [-0.39, 0.29) is 19.0 Å². The van der Waals surface area contributed by atoms with Crippen LogP contribution in [-0.4, -0.2) is 20.7 Å². The molecule has 0 atom stereocenters. The van der Waals surface area contributed by atoms with Crippen molar-refractivity contribution in [2.24, 2.45) is 7.05 Å². The van der Waals surface area contributed by atoms with Crippen LogP contribution < -0.4 is 0 Å². The van der Waals surface area contributed by atoms with Gasteiger partial charge in [-0.15, -0.1) is 11.3 Å². The molecule has 3 aromatic rings. The van der Waals surface area contributed by atoms with Crippen LogP contribution in [0, 0.1) is 0 Å². The lowest BCUT2D eigenvalue weighted by Crippen LogP contribution is -2.08. The van der Waals surface area contributed by atoms with Crippen LogP contribution >= 0.6 is 11.3 Å². The first-order valence-corrected chi connectivity index (χ1v) is 7.71. The summed E-state index contributed by atoms with van der Waals surface area (Å²) < 4.78 is 7.00. The fourth-order valence-corrected chi connectivity index (χ4v) is 2.79. The van der Waals surface area contributed by atoms with E-state index < -0.39 is 0 Å². The van der Waals surface area contributed by atoms with Crippen LogP contribution in [0.15, 0.2) is 48.1 Å². The smallest absolute Gasteiger partial charge is 0.310 e. The monoisotopic (exact) mass is 313 g/mol. The Balaban J connectivity index is 1.56. The highest BCUT2D eigenvalue weighted by Crippen LogP contribution is 2.23. The third kappa shape index (κ3) is 3.59. The molecule has 5 nitrogen and oxygen atoms in total. The highest BCUT2D eigenvalue weighted by atomic mass is 32.1. The molecule has 6 heteroatoms. The third-order valence-corrected chi connectivity index (χ3v) is 4.02. The van der Waals surface area contributed by atoms with Gasteiger partial charge in [0.1, 0.15) is 11.6 Å². The van der Waals surface area contributed by atoms with Crippen molar-refractivity contribution < 1.29 is 9.53 Å². The Bertz CT molecular complexity index is 765. The lowest BCUT2D eigenvalue weighted by molar-refractivity contribution is -0.144. The Morgan fingerprint density at radius 1 is 1.32 bits per heavy atom. The highest BCUT2D eigenvalue weighted by Gasteiger charge is 2.09. The number of aromatic nitrogens is 3. The van der Waals surface area contributed by atoms with Gasteiger partial charge >= 0.3 is 5.97 Å². The van der Waals surface area contributed by atoms with Gasteiger partial charge in [0.2, 0.25) is 0 Å². The second kappa shape index (κ2) is 6.53. The second-order valence-electron chi connectivity index (χ2n) is 4.87. The first-order valence-electron chi connectivity index (χ1n) is 6.83. The maximum atomic E-state index is 11.8. The van der Waals surface area contributed by atoms with Crippen LogP contribution in [0.1, 0.15) is 11.3 Å². The summed E-state index contributed by atoms with van der Waals surface area (Å²) in [5.41, 5.74) is 2.67. The Morgan fingerprint density at radius 2 is 2.14 bits per heavy atom. The van der Waals surface area contributed by atoms with E-state index in [1.54, 1.807) is 10.9 Å². The molecule has 2 heterocycles. The predicted octanol–water partition coefficient (Wildman–Crippen LogP) is 2.83. The number of rotatable bonds is 5. The summed E-state index contributed by atoms with van der Waals surface area (Å²) in [6.45, 7) is 0.197. The maximum absolute atomic E-state index is 11.8. The van der Waals surface area contributed by atoms with E-state index in [9.17, 15) is 4.79 Å². The first kappa shape index (κ1) is 14.5. The lowest BCUT2D eigenvalue weighted by atomic mass is 10.2. The zero-order chi connectivity index (χ0) is 15.4. The number of hydrogen-bond donors (Lipinski definition) is 0. The summed E-state index contributed by atoms with van der Waals surface area (Å²) in [6, 6.07) is 9.55. The number of hydrogen-bond acceptors (Lipinski definition) is 5. The van der Waals surface area contributed by atoms with Crippen molar-refractivity contribution in [3.63, 3.8) is 0 Å². The van der Waals surface area contributed by atoms with Gasteiger partial charge in [0, 0.05) is 24.2 Å². The van der Waals surface area contributed by atoms with Gasteiger partial charge in [0.05, 0.1) is 18.3 Å². The topological polar surface area (TPSA) is 57.0 Å². The number of thiazole rings is 1. The zero-order valence-corrected chi connectivity index (χ0v) is 12.9. The molecule has 112 valence electrons. The van der Waals surface area contributed by atoms with E-state index in [0.29, 0.717) is 0 Å². The van der Waals surface area contributed by atoms with E-state index in [0.717, 1.165) is 21.8 Å². The van der Waals surface area contributed by atoms with Crippen LogP contribution in [0.2, 0.25) is 0 Å². The van der Waals surface area contributed by atoms with Crippen LogP contribution in [-0.2, 0) is 29.6 Å². The summed E-state index contributed by atoms with van der Waals surface area (Å²) in [5.74, 6) is -0.248. The van der Waals surface area contributed by atoms with Crippen molar-refractivity contribution >= 4 is 17.3 Å². The van der Waals surface area contributed by atoms with Crippen molar-refractivity contribution in [2.45, 2.75) is 13.0 Å². The van der Waals surface area contributed by atoms with Gasteiger partial charge in [0.25, 0.3) is 0 Å². The van der Waals surface area contributed by atoms with Gasteiger partial charge < -0.3 is 4.74 Å². The maximum Gasteiger partial charge on any atom is 0.310 e. The van der Waals surface area contributed by atoms with Crippen molar-refractivity contribution in [1.29, 1.82) is 0 Å². The van der Waals surface area contributed by atoms with Gasteiger partial charge in [-0.25, -0.2) is 4.98 Å². The fraction of sp³-hybridized carbons (Fsp3) is 0.188. The van der Waals surface area contributed by atoms with Gasteiger partial charge in [0.15, 0.2) is 0 Å². The molecule has 0 unspecified atom stereocenters. The molecule has 0 aliphatic heterocycles. The van der Waals surface area contributed by atoms with Gasteiger partial charge in [-0.1, -0.05) is 30.3 Å². The molecule has 1 aromatic carbocycles. The summed E-state index contributed by atoms with van der Waals surface area (Å²) in [4.78, 5) is 16.3. The van der Waals surface area contributed by atoms with Crippen molar-refractivity contribution in [1.82, 2.24) is 14.8 Å². The number of ether oxygens (including phenoxy) is 1. The Labute approximate surface area is 132 Å². The van der Waals surface area contributed by atoms with Crippen LogP contribution in [0.4, 0.5) is 0 Å². The average Bonchev–Trinajstić information content (AvgIpc) is 3.15. The predicted molar refractivity (Wildman–Crippen MR) is 84.3 cm³/mol. The number of benzene rings is 1. The molecule has 0 bridgehead atoms. The van der Waals surface area contributed by atoms with Crippen LogP contribution in [0.25, 0.3) is 10.6 Å². The highest BCUT2D eigenvalue weighted by molar-refractivity contribution is 7.13. The number of carbonyl (C=O) groups excluding carboxylic acids is 1. The van der Waals surface area contributed by atoms with Gasteiger partial charge in [-0.3, -0.25) is 9.48 Å². The average molecular weight is 313 g/mol. The third-order valence-electron chi connectivity index (χ3n) is 3.08. The molecule has 0 N–H and O–H groups in total. The quantitative estimate of drug-likeness (QED) is 0.680. The van der Waals surface area contributed by atoms with Crippen LogP contribution in [0.5, 0.6) is 0 Å². The van der Waals surface area contributed by atoms with E-state index in [1.165, 1.54) is 11.3 Å². The molecule has 0 radical (unpaired) electrons. The summed E-state index contributed by atoms with van der Waals surface area (Å²) in [7, 11) is 1.86. The SMILES string of the molecule is Cn1cc(-c2nc(COC(=O)Cc3ccccc3)cs2)cn1. The van der Waals surface area contributed by atoms with E-state index in [1.807, 2.05) is 49.0 Å². The largest absolute Gasteiger partial charge is 0.459 e. The molecule has 2 aromatic heterocycles. The Hall–Kier alpha value is -2.47. The Kier molecular flexibility index (Phi) is 4.29. The summed E-state index contributed by atoms with van der Waals surface area (Å²) in [5, 5.41) is 6.90. The minimum Gasteiger partial charge on any atom is -0.459 e. The first-order chi connectivity index (χ1) is 10.7. The second-order valence-corrected chi connectivity index (χ2v) is 5.73. The molecular weight excluding hydrogens is 298 g/mol. The van der Waals surface area contributed by atoms with Crippen molar-refractivity contribution in [2.75, 3.05) is 0 Å². The van der Waals surface area contributed by atoms with Crippen molar-refractivity contribution in [3.8, 4) is 10.6 Å². The number of esters is 1. The molecule has 22 heavy (non-hydrogen) atoms. The normalized spacial score (nSPS) is 10.6. The minimum atomic E-state index is -0.248. The molecular formula is C16H15N3O2S. The van der Waals surface area contributed by atoms with E-state index in [2.05, 4.69) is 10.1 Å². The standard InChI is InChI=1S/C16H15N3O2S/c1-19-9-13(8-17-19)16-18-14(11-22-16)10-21-15(20)7-12-5-3-2-4-6-12/h2-6,8-9,11H,7,10H2,1H3. The lowest BCUT2D eigenvalue weighted by Gasteiger charge is -2.02. The summed E-state index contributed by atoms with van der Waals surface area (Å²) >= 11 is 1.52. The summed E-state index contributed by atoms with van der Waals surface area (Å²) in [6.07, 6.45) is 3.95.